The number of fused-ring (bicyclic) bond motifs is 2. The molecule has 0 aromatic carbocycles. The zero-order chi connectivity index (χ0) is 13.7. The third-order valence-electron chi connectivity index (χ3n) is 6.09. The molecule has 0 radical (unpaired) electrons. The molecule has 0 amide bonds. The van der Waals surface area contributed by atoms with Gasteiger partial charge in [-0.25, -0.2) is 0 Å². The van der Waals surface area contributed by atoms with E-state index in [0.717, 1.165) is 37.9 Å². The second-order valence-electron chi connectivity index (χ2n) is 6.94. The predicted octanol–water partition coefficient (Wildman–Crippen LogP) is 4.02. The van der Waals surface area contributed by atoms with Crippen LogP contribution in [0.2, 0.25) is 0 Å². The standard InChI is InChI=1S/C17H24O2/c1-16(2)13-8-9-17(16,15(18)10-13)11-12-6-4-5-7-14(12)19-3/h4,6,13H,5,7-11H2,1-3H3. The SMILES string of the molecule is COC1=C(CC23CCC(CC2=O)C3(C)C)C=CCC1. The number of allylic oxidation sites excluding steroid dienone is 4. The fourth-order valence-corrected chi connectivity index (χ4v) is 4.59. The van der Waals surface area contributed by atoms with Gasteiger partial charge in [-0.15, -0.1) is 0 Å². The highest BCUT2D eigenvalue weighted by molar-refractivity contribution is 5.90. The van der Waals surface area contributed by atoms with E-state index in [4.69, 9.17) is 4.74 Å². The van der Waals surface area contributed by atoms with Gasteiger partial charge in [-0.1, -0.05) is 26.0 Å². The molecule has 104 valence electrons. The molecule has 0 aliphatic heterocycles. The van der Waals surface area contributed by atoms with E-state index in [1.807, 2.05) is 0 Å². The van der Waals surface area contributed by atoms with Gasteiger partial charge in [0, 0.05) is 18.3 Å². The number of carbonyl (C=O) groups excluding carboxylic acids is 1. The lowest BCUT2D eigenvalue weighted by molar-refractivity contribution is -0.129. The molecule has 3 rings (SSSR count). The van der Waals surface area contributed by atoms with Crippen LogP contribution < -0.4 is 0 Å². The van der Waals surface area contributed by atoms with E-state index in [1.54, 1.807) is 7.11 Å². The van der Waals surface area contributed by atoms with Crippen molar-refractivity contribution >= 4 is 5.78 Å². The van der Waals surface area contributed by atoms with Crippen molar-refractivity contribution in [2.24, 2.45) is 16.7 Å². The predicted molar refractivity (Wildman–Crippen MR) is 75.6 cm³/mol. The maximum absolute atomic E-state index is 12.6. The first kappa shape index (κ1) is 13.0. The number of hydrogen-bond acceptors (Lipinski definition) is 2. The molecule has 0 N–H and O–H groups in total. The van der Waals surface area contributed by atoms with Crippen LogP contribution >= 0.6 is 0 Å². The normalized spacial score (nSPS) is 36.2. The van der Waals surface area contributed by atoms with Gasteiger partial charge in [0.25, 0.3) is 0 Å². The second kappa shape index (κ2) is 4.22. The summed E-state index contributed by atoms with van der Waals surface area (Å²) in [5.74, 6) is 2.19. The number of rotatable bonds is 3. The number of ether oxygens (including phenoxy) is 1. The molecule has 0 heterocycles. The van der Waals surface area contributed by atoms with Gasteiger partial charge in [-0.3, -0.25) is 4.79 Å². The van der Waals surface area contributed by atoms with Gasteiger partial charge in [0.05, 0.1) is 12.9 Å². The summed E-state index contributed by atoms with van der Waals surface area (Å²) >= 11 is 0. The first-order valence-corrected chi connectivity index (χ1v) is 7.47. The molecule has 2 saturated carbocycles. The first-order valence-electron chi connectivity index (χ1n) is 7.47. The Labute approximate surface area is 115 Å². The van der Waals surface area contributed by atoms with Gasteiger partial charge in [0.15, 0.2) is 0 Å². The van der Waals surface area contributed by atoms with Crippen molar-refractivity contribution in [3.63, 3.8) is 0 Å². The lowest BCUT2D eigenvalue weighted by Crippen LogP contribution is -2.36. The molecular formula is C17H24O2. The summed E-state index contributed by atoms with van der Waals surface area (Å²) in [4.78, 5) is 12.6. The van der Waals surface area contributed by atoms with Crippen molar-refractivity contribution in [1.82, 2.24) is 0 Å². The van der Waals surface area contributed by atoms with Gasteiger partial charge >= 0.3 is 0 Å². The Morgan fingerprint density at radius 1 is 1.42 bits per heavy atom. The van der Waals surface area contributed by atoms with Crippen molar-refractivity contribution in [2.75, 3.05) is 7.11 Å². The van der Waals surface area contributed by atoms with Gasteiger partial charge in [0.1, 0.15) is 5.78 Å². The molecule has 3 aliphatic carbocycles. The van der Waals surface area contributed by atoms with E-state index in [1.165, 1.54) is 12.0 Å². The van der Waals surface area contributed by atoms with Crippen LogP contribution in [0.1, 0.15) is 52.4 Å². The second-order valence-corrected chi connectivity index (χ2v) is 6.94. The summed E-state index contributed by atoms with van der Waals surface area (Å²) in [6.45, 7) is 4.60. The Bertz CT molecular complexity index is 470. The van der Waals surface area contributed by atoms with Crippen LogP contribution in [0.15, 0.2) is 23.5 Å². The summed E-state index contributed by atoms with van der Waals surface area (Å²) in [6, 6.07) is 0. The molecule has 0 saturated heterocycles. The highest BCUT2D eigenvalue weighted by Gasteiger charge is 2.63. The van der Waals surface area contributed by atoms with Crippen molar-refractivity contribution < 1.29 is 9.53 Å². The minimum absolute atomic E-state index is 0.127. The van der Waals surface area contributed by atoms with Gasteiger partial charge in [0.2, 0.25) is 0 Å². The van der Waals surface area contributed by atoms with Crippen LogP contribution in [0.25, 0.3) is 0 Å². The van der Waals surface area contributed by atoms with Gasteiger partial charge < -0.3 is 4.74 Å². The molecule has 3 aliphatic rings. The zero-order valence-corrected chi connectivity index (χ0v) is 12.3. The Kier molecular flexibility index (Phi) is 2.88. The molecule has 2 heteroatoms. The Morgan fingerprint density at radius 3 is 2.79 bits per heavy atom. The average molecular weight is 260 g/mol. The molecule has 2 unspecified atom stereocenters. The Balaban J connectivity index is 1.96. The topological polar surface area (TPSA) is 26.3 Å². The maximum atomic E-state index is 12.6. The van der Waals surface area contributed by atoms with E-state index in [0.29, 0.717) is 11.7 Å². The smallest absolute Gasteiger partial charge is 0.140 e. The molecule has 2 fully saturated rings. The van der Waals surface area contributed by atoms with Crippen LogP contribution in [0, 0.1) is 16.7 Å². The minimum Gasteiger partial charge on any atom is -0.501 e. The monoisotopic (exact) mass is 260 g/mol. The zero-order valence-electron chi connectivity index (χ0n) is 12.3. The molecule has 2 atom stereocenters. The Morgan fingerprint density at radius 2 is 2.21 bits per heavy atom. The van der Waals surface area contributed by atoms with E-state index in [9.17, 15) is 4.79 Å². The van der Waals surface area contributed by atoms with E-state index in [-0.39, 0.29) is 10.8 Å². The quantitative estimate of drug-likeness (QED) is 0.766. The highest BCUT2D eigenvalue weighted by Crippen LogP contribution is 2.66. The number of Topliss-reactive ketones (excluding diaryl/α,β-unsaturated/α-hetero) is 1. The molecule has 0 spiro atoms. The Hall–Kier alpha value is -1.05. The lowest BCUT2D eigenvalue weighted by Gasteiger charge is -2.37. The summed E-state index contributed by atoms with van der Waals surface area (Å²) in [6.07, 6.45) is 10.4. The highest BCUT2D eigenvalue weighted by atomic mass is 16.5. The van der Waals surface area contributed by atoms with Crippen LogP contribution in [-0.4, -0.2) is 12.9 Å². The fourth-order valence-electron chi connectivity index (χ4n) is 4.59. The molecular weight excluding hydrogens is 236 g/mol. The third-order valence-corrected chi connectivity index (χ3v) is 6.09. The van der Waals surface area contributed by atoms with E-state index in [2.05, 4.69) is 26.0 Å². The number of hydrogen-bond donors (Lipinski definition) is 0. The summed E-state index contributed by atoms with van der Waals surface area (Å²) in [5.41, 5.74) is 1.29. The molecule has 2 nitrogen and oxygen atoms in total. The molecule has 2 bridgehead atoms. The van der Waals surface area contributed by atoms with Crippen LogP contribution in [0.4, 0.5) is 0 Å². The summed E-state index contributed by atoms with van der Waals surface area (Å²) in [7, 11) is 1.76. The van der Waals surface area contributed by atoms with Crippen molar-refractivity contribution in [3.8, 4) is 0 Å². The summed E-state index contributed by atoms with van der Waals surface area (Å²) < 4.78 is 5.54. The average Bonchev–Trinajstić information content (AvgIpc) is 2.73. The number of carbonyl (C=O) groups is 1. The lowest BCUT2D eigenvalue weighted by atomic mass is 9.65. The van der Waals surface area contributed by atoms with Crippen molar-refractivity contribution in [2.45, 2.75) is 52.4 Å². The van der Waals surface area contributed by atoms with Gasteiger partial charge in [-0.2, -0.15) is 0 Å². The first-order chi connectivity index (χ1) is 9.01. The third kappa shape index (κ3) is 1.65. The summed E-state index contributed by atoms with van der Waals surface area (Å²) in [5, 5.41) is 0. The van der Waals surface area contributed by atoms with Crippen LogP contribution in [0.3, 0.4) is 0 Å². The van der Waals surface area contributed by atoms with Crippen LogP contribution in [0.5, 0.6) is 0 Å². The molecule has 0 aromatic heterocycles. The largest absolute Gasteiger partial charge is 0.501 e. The molecule has 19 heavy (non-hydrogen) atoms. The van der Waals surface area contributed by atoms with Crippen molar-refractivity contribution in [3.05, 3.63) is 23.5 Å². The molecule has 0 aromatic rings. The van der Waals surface area contributed by atoms with Gasteiger partial charge in [-0.05, 0) is 42.6 Å². The van der Waals surface area contributed by atoms with Crippen LogP contribution in [-0.2, 0) is 9.53 Å². The minimum atomic E-state index is -0.127. The van der Waals surface area contributed by atoms with E-state index < -0.39 is 0 Å². The number of methoxy groups -OCH3 is 1. The van der Waals surface area contributed by atoms with E-state index >= 15 is 0 Å². The maximum Gasteiger partial charge on any atom is 0.140 e. The fraction of sp³-hybridized carbons (Fsp3) is 0.706. The number of ketones is 1. The van der Waals surface area contributed by atoms with Crippen molar-refractivity contribution in [1.29, 1.82) is 0 Å².